The summed E-state index contributed by atoms with van der Waals surface area (Å²) in [5, 5.41) is 12.0. The molecule has 0 spiro atoms. The number of hydrogen-bond acceptors (Lipinski definition) is 4. The van der Waals surface area contributed by atoms with Gasteiger partial charge in [0.1, 0.15) is 0 Å². The summed E-state index contributed by atoms with van der Waals surface area (Å²) in [6, 6.07) is 6.72. The lowest BCUT2D eigenvalue weighted by Crippen LogP contribution is -2.28. The van der Waals surface area contributed by atoms with Crippen molar-refractivity contribution in [2.75, 3.05) is 25.0 Å². The lowest BCUT2D eigenvalue weighted by molar-refractivity contribution is 0.561. The van der Waals surface area contributed by atoms with E-state index in [0.29, 0.717) is 18.4 Å². The molecule has 1 heterocycles. The minimum atomic E-state index is 0.307. The number of hydrogen-bond donors (Lipinski definition) is 1. The van der Waals surface area contributed by atoms with E-state index in [9.17, 15) is 0 Å². The second-order valence-electron chi connectivity index (χ2n) is 5.44. The van der Waals surface area contributed by atoms with E-state index in [1.807, 2.05) is 13.2 Å². The smallest absolute Gasteiger partial charge is 0.0640 e. The Balaban J connectivity index is 2.84. The highest BCUT2D eigenvalue weighted by Crippen LogP contribution is 2.19. The molecule has 0 aliphatic heterocycles. The van der Waals surface area contributed by atoms with Crippen LogP contribution in [0, 0.1) is 17.2 Å². The van der Waals surface area contributed by atoms with Gasteiger partial charge in [-0.05, 0) is 31.5 Å². The van der Waals surface area contributed by atoms with Crippen molar-refractivity contribution in [3.63, 3.8) is 0 Å². The second kappa shape index (κ2) is 8.55. The van der Waals surface area contributed by atoms with Crippen LogP contribution >= 0.6 is 0 Å². The second-order valence-corrected chi connectivity index (χ2v) is 5.44. The van der Waals surface area contributed by atoms with Crippen molar-refractivity contribution in [1.29, 1.82) is 5.26 Å². The molecule has 0 radical (unpaired) electrons. The molecule has 0 saturated carbocycles. The average molecular weight is 274 g/mol. The Bertz CT molecular complexity index is 415. The molecule has 1 atom stereocenters. The van der Waals surface area contributed by atoms with E-state index < -0.39 is 0 Å². The Morgan fingerprint density at radius 3 is 2.60 bits per heavy atom. The van der Waals surface area contributed by atoms with Crippen LogP contribution in [0.25, 0.3) is 0 Å². The number of nitriles is 1. The van der Waals surface area contributed by atoms with Crippen LogP contribution in [0.15, 0.2) is 18.3 Å². The molecule has 1 aromatic heterocycles. The number of pyridine rings is 1. The van der Waals surface area contributed by atoms with Crippen molar-refractivity contribution < 1.29 is 0 Å². The number of anilines is 1. The zero-order chi connectivity index (χ0) is 15.0. The number of rotatable bonds is 8. The van der Waals surface area contributed by atoms with Crippen LogP contribution in [-0.4, -0.2) is 25.1 Å². The first kappa shape index (κ1) is 16.5. The van der Waals surface area contributed by atoms with Crippen molar-refractivity contribution >= 4 is 5.69 Å². The quantitative estimate of drug-likeness (QED) is 0.791. The highest BCUT2D eigenvalue weighted by atomic mass is 15.1. The molecule has 1 unspecified atom stereocenters. The summed E-state index contributed by atoms with van der Waals surface area (Å²) >= 11 is 0. The van der Waals surface area contributed by atoms with E-state index >= 15 is 0 Å². The third-order valence-corrected chi connectivity index (χ3v) is 3.33. The van der Waals surface area contributed by atoms with Crippen molar-refractivity contribution in [2.45, 2.75) is 39.7 Å². The summed E-state index contributed by atoms with van der Waals surface area (Å²) < 4.78 is 0. The third-order valence-electron chi connectivity index (χ3n) is 3.33. The molecule has 1 rings (SSSR count). The van der Waals surface area contributed by atoms with Crippen LogP contribution in [-0.2, 0) is 0 Å². The first-order valence-corrected chi connectivity index (χ1v) is 7.37. The van der Waals surface area contributed by atoms with E-state index in [4.69, 9.17) is 5.26 Å². The summed E-state index contributed by atoms with van der Waals surface area (Å²) in [6.07, 6.45) is 3.49. The summed E-state index contributed by atoms with van der Waals surface area (Å²) in [4.78, 5) is 6.81. The largest absolute Gasteiger partial charge is 0.369 e. The molecule has 4 heteroatoms. The van der Waals surface area contributed by atoms with Gasteiger partial charge in [-0.25, -0.2) is 0 Å². The first-order chi connectivity index (χ1) is 9.62. The molecule has 0 amide bonds. The molecule has 0 aliphatic carbocycles. The zero-order valence-electron chi connectivity index (χ0n) is 13.1. The maximum absolute atomic E-state index is 8.78. The van der Waals surface area contributed by atoms with Gasteiger partial charge >= 0.3 is 0 Å². The maximum Gasteiger partial charge on any atom is 0.0640 e. The Kier molecular flexibility index (Phi) is 7.03. The molecule has 110 valence electrons. The lowest BCUT2D eigenvalue weighted by Gasteiger charge is -2.26. The summed E-state index contributed by atoms with van der Waals surface area (Å²) in [6.45, 7) is 8.24. The van der Waals surface area contributed by atoms with Crippen molar-refractivity contribution in [3.8, 4) is 6.07 Å². The fourth-order valence-electron chi connectivity index (χ4n) is 2.30. The standard InChI is InChI=1S/C16H26N4/c1-5-15(18-4)16-8-7-14(11-19-16)20(10-6-9-17)12-13(2)3/h7-8,11,13,15,18H,5-6,10,12H2,1-4H3. The molecule has 1 aromatic rings. The molecular formula is C16H26N4. The SMILES string of the molecule is CCC(NC)c1ccc(N(CCC#N)CC(C)C)cn1. The summed E-state index contributed by atoms with van der Waals surface area (Å²) in [7, 11) is 1.96. The monoisotopic (exact) mass is 274 g/mol. The Hall–Kier alpha value is -1.60. The number of nitrogens with one attached hydrogen (secondary N) is 1. The van der Waals surface area contributed by atoms with Crippen molar-refractivity contribution in [2.24, 2.45) is 5.92 Å². The molecule has 20 heavy (non-hydrogen) atoms. The van der Waals surface area contributed by atoms with Gasteiger partial charge in [-0.1, -0.05) is 20.8 Å². The number of nitrogens with zero attached hydrogens (tertiary/aromatic N) is 3. The van der Waals surface area contributed by atoms with Gasteiger partial charge in [-0.3, -0.25) is 4.98 Å². The normalized spacial score (nSPS) is 12.2. The minimum absolute atomic E-state index is 0.307. The highest BCUT2D eigenvalue weighted by Gasteiger charge is 2.11. The van der Waals surface area contributed by atoms with Gasteiger partial charge < -0.3 is 10.2 Å². The van der Waals surface area contributed by atoms with E-state index in [0.717, 1.165) is 30.9 Å². The van der Waals surface area contributed by atoms with E-state index in [2.05, 4.69) is 54.2 Å². The van der Waals surface area contributed by atoms with Crippen molar-refractivity contribution in [1.82, 2.24) is 10.3 Å². The fraction of sp³-hybridized carbons (Fsp3) is 0.625. The van der Waals surface area contributed by atoms with Crippen LogP contribution in [0.1, 0.15) is 45.3 Å². The third kappa shape index (κ3) is 4.82. The highest BCUT2D eigenvalue weighted by molar-refractivity contribution is 5.45. The zero-order valence-corrected chi connectivity index (χ0v) is 13.1. The van der Waals surface area contributed by atoms with E-state index in [1.54, 1.807) is 0 Å². The fourth-order valence-corrected chi connectivity index (χ4v) is 2.30. The molecule has 0 aromatic carbocycles. The minimum Gasteiger partial charge on any atom is -0.369 e. The molecular weight excluding hydrogens is 248 g/mol. The lowest BCUT2D eigenvalue weighted by atomic mass is 10.1. The molecule has 0 fully saturated rings. The maximum atomic E-state index is 8.78. The van der Waals surface area contributed by atoms with Gasteiger partial charge in [0.15, 0.2) is 0 Å². The Labute approximate surface area is 122 Å². The van der Waals surface area contributed by atoms with Crippen LogP contribution in [0.5, 0.6) is 0 Å². The first-order valence-electron chi connectivity index (χ1n) is 7.37. The van der Waals surface area contributed by atoms with Gasteiger partial charge in [0.25, 0.3) is 0 Å². The summed E-state index contributed by atoms with van der Waals surface area (Å²) in [5.74, 6) is 0.564. The predicted molar refractivity (Wildman–Crippen MR) is 83.6 cm³/mol. The number of aromatic nitrogens is 1. The Morgan fingerprint density at radius 1 is 1.40 bits per heavy atom. The van der Waals surface area contributed by atoms with Crippen LogP contribution in [0.2, 0.25) is 0 Å². The van der Waals surface area contributed by atoms with Crippen molar-refractivity contribution in [3.05, 3.63) is 24.0 Å². The van der Waals surface area contributed by atoms with E-state index in [-0.39, 0.29) is 0 Å². The molecule has 0 aliphatic rings. The predicted octanol–water partition coefficient (Wildman–Crippen LogP) is 3.13. The topological polar surface area (TPSA) is 52.0 Å². The molecule has 1 N–H and O–H groups in total. The summed E-state index contributed by atoms with van der Waals surface area (Å²) in [5.41, 5.74) is 2.17. The van der Waals surface area contributed by atoms with Gasteiger partial charge in [0, 0.05) is 19.1 Å². The Morgan fingerprint density at radius 2 is 2.15 bits per heavy atom. The molecule has 4 nitrogen and oxygen atoms in total. The van der Waals surface area contributed by atoms with Crippen LogP contribution in [0.3, 0.4) is 0 Å². The molecule has 0 saturated heterocycles. The van der Waals surface area contributed by atoms with Gasteiger partial charge in [-0.2, -0.15) is 5.26 Å². The van der Waals surface area contributed by atoms with Crippen LogP contribution in [0.4, 0.5) is 5.69 Å². The van der Waals surface area contributed by atoms with E-state index in [1.165, 1.54) is 0 Å². The van der Waals surface area contributed by atoms with Crippen LogP contribution < -0.4 is 10.2 Å². The molecule has 0 bridgehead atoms. The van der Waals surface area contributed by atoms with Gasteiger partial charge in [-0.15, -0.1) is 0 Å². The average Bonchev–Trinajstić information content (AvgIpc) is 2.45. The van der Waals surface area contributed by atoms with Gasteiger partial charge in [0.05, 0.1) is 30.1 Å². The van der Waals surface area contributed by atoms with Gasteiger partial charge in [0.2, 0.25) is 0 Å².